The van der Waals surface area contributed by atoms with Gasteiger partial charge in [0.1, 0.15) is 17.0 Å². The van der Waals surface area contributed by atoms with Crippen molar-refractivity contribution in [2.45, 2.75) is 147 Å². The first-order chi connectivity index (χ1) is 42.0. The SMILES string of the molecule is CC(C)I.CCC.CCCI.CCOC(=O)CC(=O)CCl.CCOC(=O)CC1=C(C(=O)OCC)C(=O)CS1.CCOC(=O)Cc1scc(C)c1C(=O)OCC.CCOC(=O)N=C=S.CCOC(=O)c1c(C)csc1N.CP=O.[CH2-]C.[CH2-]C.[I][V]([I])[I].[I][V][I]. The second-order valence-corrected chi connectivity index (χ2v) is 68.9. The molecule has 0 radical (unpaired) electrons. The predicted octanol–water partition coefficient (Wildman–Crippen LogP) is 19.3. The molecule has 2 aromatic rings. The number of carbonyl (C=O) groups is 9. The minimum atomic E-state index is -0.678. The number of thiophene rings is 2. The van der Waals surface area contributed by atoms with E-state index in [1.165, 1.54) is 51.7 Å². The molecule has 19 nitrogen and oxygen atoms in total. The summed E-state index contributed by atoms with van der Waals surface area (Å²) in [6.07, 6.45) is 1.75. The fraction of sp³-hybridized carbons (Fsp3) is 0.600. The number of nitrogen functional groups attached to an aromatic ring is 1. The molecule has 0 fully saturated rings. The third kappa shape index (κ3) is 81.7. The average molecular weight is 2240 g/mol. The molecule has 34 heteroatoms. The first-order valence-electron chi connectivity index (χ1n) is 26.6. The number of thioether (sulfide) groups is 1. The van der Waals surface area contributed by atoms with Crippen molar-refractivity contribution >= 4 is 275 Å². The third-order valence-electron chi connectivity index (χ3n) is 7.04. The number of aliphatic imine (C=N–C) groups is 1. The molecule has 1 amide bonds. The van der Waals surface area contributed by atoms with E-state index in [9.17, 15) is 43.2 Å². The molecule has 0 bridgehead atoms. The van der Waals surface area contributed by atoms with Gasteiger partial charge in [0.15, 0.2) is 20.0 Å². The number of Topliss-reactive ketones (excluding diaryl/α,β-unsaturated/α-hetero) is 2. The van der Waals surface area contributed by atoms with Gasteiger partial charge in [0.2, 0.25) is 0 Å². The number of isothiocyanates is 1. The minimum absolute atomic E-state index is 0.00454. The number of nitrogens with zero attached hydrogens (tertiary/aromatic N) is 1. The molecule has 0 spiro atoms. The second kappa shape index (κ2) is 87.4. The van der Waals surface area contributed by atoms with E-state index in [1.807, 2.05) is 29.8 Å². The second-order valence-electron chi connectivity index (χ2n) is 14.4. The molecule has 0 saturated carbocycles. The zero-order valence-electron chi connectivity index (χ0n) is 53.7. The van der Waals surface area contributed by atoms with E-state index in [4.69, 9.17) is 45.6 Å². The zero-order chi connectivity index (χ0) is 71.9. The van der Waals surface area contributed by atoms with Crippen molar-refractivity contribution in [2.24, 2.45) is 4.99 Å². The molecular formula is C55H90ClI7N2O17PS4V2-2. The van der Waals surface area contributed by atoms with Crippen LogP contribution < -0.4 is 5.73 Å². The number of aryl methyl sites for hydroxylation is 2. The van der Waals surface area contributed by atoms with E-state index in [2.05, 4.69) is 220 Å². The van der Waals surface area contributed by atoms with Gasteiger partial charge in [-0.3, -0.25) is 28.5 Å². The average Bonchev–Trinajstić information content (AvgIpc) is 4.35. The normalized spacial score (nSPS) is 9.65. The van der Waals surface area contributed by atoms with Gasteiger partial charge in [0, 0.05) is 20.4 Å². The summed E-state index contributed by atoms with van der Waals surface area (Å²) in [4.78, 5) is 104. The van der Waals surface area contributed by atoms with Crippen LogP contribution in [0.3, 0.4) is 0 Å². The van der Waals surface area contributed by atoms with E-state index in [1.54, 1.807) is 69.0 Å². The molecule has 0 unspecified atom stereocenters. The third-order valence-corrected chi connectivity index (χ3v) is 11.6. The number of ether oxygens (including phenoxy) is 7. The van der Waals surface area contributed by atoms with Crippen LogP contribution in [0.4, 0.5) is 9.80 Å². The monoisotopic (exact) mass is 2230 g/mol. The van der Waals surface area contributed by atoms with E-state index in [0.717, 1.165) is 15.1 Å². The van der Waals surface area contributed by atoms with Crippen LogP contribution in [0.15, 0.2) is 26.2 Å². The van der Waals surface area contributed by atoms with Crippen molar-refractivity contribution in [3.8, 4) is 0 Å². The standard InChI is InChI=1S/C12H16O4S.C11H14O5S.C8H11NO2S.C6H9ClO3.C4H5NO2S.2C3H7I.C3H8.2C2H5.CH3OP.5HI.2V/c1-4-15-10(13)6-9-11(8(3)7-17-9)12(14)16-5-2;1-3-15-9(13)5-8-10(7(12)6-17-8)11(14)16-4-2;1-3-11-8(10)6-5(2)4-12-7(6)9;1-2-10-6(9)3-5(8)4-7;1-2-7-4(6)5-3-8;1-3(2)4;1-2-3-4;1-3-2;2*1-2;1-3-2;;;;;;;/h7H,4-6H2,1-3H3;3-6H2,1-2H3;4H,3,9H2,1-2H3;2-4H2,1H3;2H2,1H3;3H,1-2H3;2-3H2,1H3;3H2,1-2H3;2*1H2,2H3;1H3;5*1H;;/q;;;;;;;;2*-1;;;;;;;+2;+3/p-5. The van der Waals surface area contributed by atoms with Crippen LogP contribution in [0.5, 0.6) is 0 Å². The van der Waals surface area contributed by atoms with Gasteiger partial charge in [-0.05, 0) is 107 Å². The molecule has 0 atom stereocenters. The number of ketones is 2. The summed E-state index contributed by atoms with van der Waals surface area (Å²) in [6.45, 7) is 40.1. The Kier molecular flexibility index (Phi) is 110. The summed E-state index contributed by atoms with van der Waals surface area (Å²) in [5.74, 6) is -3.14. The zero-order valence-corrected chi connectivity index (χ0v) is 76.5. The van der Waals surface area contributed by atoms with Gasteiger partial charge in [0.05, 0.1) is 87.0 Å². The Morgan fingerprint density at radius 2 is 1.06 bits per heavy atom. The van der Waals surface area contributed by atoms with E-state index < -0.39 is 24.0 Å². The van der Waals surface area contributed by atoms with Gasteiger partial charge in [-0.25, -0.2) is 19.2 Å². The van der Waals surface area contributed by atoms with Crippen molar-refractivity contribution < 1.29 is 95.3 Å². The molecule has 1 aliphatic heterocycles. The van der Waals surface area contributed by atoms with Gasteiger partial charge < -0.3 is 52.7 Å². The molecule has 3 rings (SSSR count). The summed E-state index contributed by atoms with van der Waals surface area (Å²) in [7, 11) is 0.794. The molecular weight excluding hydrogens is 2150 g/mol. The fourth-order valence-corrected chi connectivity index (χ4v) is 7.32. The molecule has 2 aromatic heterocycles. The number of esters is 6. The van der Waals surface area contributed by atoms with Gasteiger partial charge >= 0.3 is 156 Å². The number of anilines is 1. The number of hydrogen-bond donors (Lipinski definition) is 1. The van der Waals surface area contributed by atoms with E-state index in [0.29, 0.717) is 68.4 Å². The Labute approximate surface area is 649 Å². The van der Waals surface area contributed by atoms with E-state index >= 15 is 0 Å². The predicted molar refractivity (Wildman–Crippen MR) is 426 cm³/mol. The molecule has 1 aliphatic rings. The van der Waals surface area contributed by atoms with Crippen LogP contribution in [0.1, 0.15) is 159 Å². The van der Waals surface area contributed by atoms with Crippen LogP contribution in [-0.2, 0) is 87.3 Å². The number of halogens is 8. The quantitative estimate of drug-likeness (QED) is 0.0139. The van der Waals surface area contributed by atoms with Gasteiger partial charge in [-0.2, -0.15) is 13.8 Å². The molecule has 3 heterocycles. The Hall–Kier alpha value is 1.39. The molecule has 519 valence electrons. The number of alkyl halides is 3. The number of amides is 1. The topological polar surface area (TPSA) is 274 Å². The van der Waals surface area contributed by atoms with Crippen LogP contribution >= 0.6 is 212 Å². The first kappa shape index (κ1) is 112. The Morgan fingerprint density at radius 3 is 1.39 bits per heavy atom. The molecule has 89 heavy (non-hydrogen) atoms. The van der Waals surface area contributed by atoms with Crippen LogP contribution in [-0.4, -0.2) is 132 Å². The molecule has 0 aromatic carbocycles. The van der Waals surface area contributed by atoms with Crippen molar-refractivity contribution in [1.82, 2.24) is 0 Å². The summed E-state index contributed by atoms with van der Waals surface area (Å²) >= 11 is 30.0. The van der Waals surface area contributed by atoms with Gasteiger partial charge in [-0.15, -0.1) is 51.0 Å². The number of carbonyl (C=O) groups excluding carboxylic acids is 9. The number of thiocarbonyl (C=S) groups is 1. The van der Waals surface area contributed by atoms with Crippen molar-refractivity contribution in [2.75, 3.05) is 74.7 Å². The number of nitrogens with two attached hydrogens (primary N) is 1. The maximum absolute atomic E-state index is 11.7. The van der Waals surface area contributed by atoms with E-state index in [-0.39, 0.29) is 92.5 Å². The Balaban J connectivity index is -0.000000101. The summed E-state index contributed by atoms with van der Waals surface area (Å²) in [6, 6.07) is 0. The number of rotatable bonds is 18. The van der Waals surface area contributed by atoms with Gasteiger partial charge in [-0.1, -0.05) is 86.2 Å². The molecule has 0 saturated heterocycles. The van der Waals surface area contributed by atoms with Crippen molar-refractivity contribution in [3.05, 3.63) is 62.2 Å². The summed E-state index contributed by atoms with van der Waals surface area (Å²) < 4.78 is 44.1. The first-order valence-corrected chi connectivity index (χ1v) is 56.9. The maximum atomic E-state index is 11.7. The van der Waals surface area contributed by atoms with Crippen LogP contribution in [0, 0.1) is 27.7 Å². The Bertz CT molecular complexity index is 2200. The molecule has 2 N–H and O–H groups in total. The van der Waals surface area contributed by atoms with Crippen molar-refractivity contribution in [3.63, 3.8) is 0 Å². The fourth-order valence-electron chi connectivity index (χ4n) is 4.36. The molecule has 0 aliphatic carbocycles. The van der Waals surface area contributed by atoms with Crippen molar-refractivity contribution in [1.29, 1.82) is 0 Å². The number of hydrogen-bond acceptors (Lipinski definition) is 22. The summed E-state index contributed by atoms with van der Waals surface area (Å²) in [5, 5.41) is 6.12. The van der Waals surface area contributed by atoms with Crippen LogP contribution in [0.25, 0.3) is 0 Å². The summed E-state index contributed by atoms with van der Waals surface area (Å²) in [5.41, 5.74) is 8.34. The van der Waals surface area contributed by atoms with Crippen LogP contribution in [0.2, 0.25) is 0 Å². The van der Waals surface area contributed by atoms with Gasteiger partial charge in [0.25, 0.3) is 0 Å². The Morgan fingerprint density at radius 1 is 0.719 bits per heavy atom.